The van der Waals surface area contributed by atoms with Gasteiger partial charge >= 0.3 is 0 Å². The van der Waals surface area contributed by atoms with Gasteiger partial charge in [-0.2, -0.15) is 4.98 Å². The Morgan fingerprint density at radius 1 is 1.12 bits per heavy atom. The van der Waals surface area contributed by atoms with Crippen molar-refractivity contribution in [3.05, 3.63) is 66.1 Å². The number of carbonyl (C=O) groups is 1. The second-order valence-electron chi connectivity index (χ2n) is 5.05. The highest BCUT2D eigenvalue weighted by Crippen LogP contribution is 2.18. The van der Waals surface area contributed by atoms with E-state index in [0.29, 0.717) is 17.5 Å². The number of nitrogens with zero attached hydrogens (tertiary/aromatic N) is 2. The minimum Gasteiger partial charge on any atom is -0.338 e. The fourth-order valence-electron chi connectivity index (χ4n) is 2.02. The van der Waals surface area contributed by atoms with Crippen molar-refractivity contribution < 1.29 is 18.1 Å². The maximum absolute atomic E-state index is 13.1. The van der Waals surface area contributed by atoms with Crippen LogP contribution in [-0.4, -0.2) is 21.8 Å². The number of carbonyl (C=O) groups excluding carboxylic acids is 1. The molecule has 1 aromatic heterocycles. The zero-order chi connectivity index (χ0) is 17.6. The summed E-state index contributed by atoms with van der Waals surface area (Å²) in [6.07, 6.45) is 0. The van der Waals surface area contributed by atoms with Crippen molar-refractivity contribution in [2.75, 3.05) is 11.1 Å². The second kappa shape index (κ2) is 7.89. The van der Waals surface area contributed by atoms with Gasteiger partial charge in [0.25, 0.3) is 0 Å². The molecule has 0 fully saturated rings. The van der Waals surface area contributed by atoms with Crippen LogP contribution in [0.1, 0.15) is 5.89 Å². The van der Waals surface area contributed by atoms with Crippen LogP contribution in [0.5, 0.6) is 0 Å². The number of thioether (sulfide) groups is 1. The van der Waals surface area contributed by atoms with Gasteiger partial charge in [-0.25, -0.2) is 8.78 Å². The molecule has 0 saturated heterocycles. The molecule has 3 rings (SSSR count). The molecule has 0 spiro atoms. The average molecular weight is 361 g/mol. The van der Waals surface area contributed by atoms with Gasteiger partial charge in [0.2, 0.25) is 17.6 Å². The highest BCUT2D eigenvalue weighted by atomic mass is 32.2. The molecular weight excluding hydrogens is 348 g/mol. The average Bonchev–Trinajstić information content (AvgIpc) is 3.08. The van der Waals surface area contributed by atoms with Crippen molar-refractivity contribution in [2.45, 2.75) is 5.75 Å². The topological polar surface area (TPSA) is 68.0 Å². The predicted octanol–water partition coefficient (Wildman–Crippen LogP) is 3.89. The fraction of sp³-hybridized carbons (Fsp3) is 0.118. The van der Waals surface area contributed by atoms with Crippen molar-refractivity contribution in [3.8, 4) is 11.4 Å². The minimum atomic E-state index is -1.01. The van der Waals surface area contributed by atoms with Gasteiger partial charge in [0.05, 0.1) is 11.5 Å². The zero-order valence-electron chi connectivity index (χ0n) is 12.9. The first-order valence-corrected chi connectivity index (χ1v) is 8.48. The Morgan fingerprint density at radius 2 is 1.92 bits per heavy atom. The van der Waals surface area contributed by atoms with Crippen LogP contribution in [0.25, 0.3) is 11.4 Å². The summed E-state index contributed by atoms with van der Waals surface area (Å²) in [6, 6.07) is 12.6. The minimum absolute atomic E-state index is 0.113. The summed E-state index contributed by atoms with van der Waals surface area (Å²) in [4.78, 5) is 16.1. The first-order valence-electron chi connectivity index (χ1n) is 7.32. The SMILES string of the molecule is O=C(CSCc1nc(-c2ccccc2)no1)Nc1ccc(F)c(F)c1. The molecule has 1 heterocycles. The van der Waals surface area contributed by atoms with Crippen LogP contribution in [-0.2, 0) is 10.5 Å². The first kappa shape index (κ1) is 17.1. The van der Waals surface area contributed by atoms with Gasteiger partial charge in [-0.05, 0) is 12.1 Å². The molecule has 8 heteroatoms. The lowest BCUT2D eigenvalue weighted by atomic mass is 10.2. The van der Waals surface area contributed by atoms with Gasteiger partial charge < -0.3 is 9.84 Å². The summed E-state index contributed by atoms with van der Waals surface area (Å²) in [5.74, 6) is -0.930. The summed E-state index contributed by atoms with van der Waals surface area (Å²) >= 11 is 1.27. The van der Waals surface area contributed by atoms with Gasteiger partial charge in [0.15, 0.2) is 11.6 Å². The highest BCUT2D eigenvalue weighted by molar-refractivity contribution is 7.99. The Morgan fingerprint density at radius 3 is 2.68 bits per heavy atom. The molecule has 5 nitrogen and oxygen atoms in total. The molecule has 128 valence electrons. The Hall–Kier alpha value is -2.74. The van der Waals surface area contributed by atoms with Crippen LogP contribution in [0.4, 0.5) is 14.5 Å². The molecule has 0 radical (unpaired) electrons. The normalized spacial score (nSPS) is 10.6. The van der Waals surface area contributed by atoms with Gasteiger partial charge in [0.1, 0.15) is 0 Å². The van der Waals surface area contributed by atoms with Crippen LogP contribution in [0.3, 0.4) is 0 Å². The molecule has 1 N–H and O–H groups in total. The van der Waals surface area contributed by atoms with E-state index in [4.69, 9.17) is 4.52 Å². The Kier molecular flexibility index (Phi) is 5.39. The zero-order valence-corrected chi connectivity index (χ0v) is 13.7. The van der Waals surface area contributed by atoms with Gasteiger partial charge in [0, 0.05) is 17.3 Å². The van der Waals surface area contributed by atoms with Crippen molar-refractivity contribution in [1.29, 1.82) is 0 Å². The van der Waals surface area contributed by atoms with Gasteiger partial charge in [-0.15, -0.1) is 11.8 Å². The van der Waals surface area contributed by atoms with Crippen LogP contribution in [0.15, 0.2) is 53.1 Å². The van der Waals surface area contributed by atoms with E-state index in [-0.39, 0.29) is 17.3 Å². The Bertz CT molecular complexity index is 871. The lowest BCUT2D eigenvalue weighted by Gasteiger charge is -2.04. The summed E-state index contributed by atoms with van der Waals surface area (Å²) in [7, 11) is 0. The van der Waals surface area contributed by atoms with Crippen LogP contribution in [0.2, 0.25) is 0 Å². The number of anilines is 1. The molecule has 0 saturated carbocycles. The van der Waals surface area contributed by atoms with Crippen molar-refractivity contribution >= 4 is 23.4 Å². The van der Waals surface area contributed by atoms with Crippen LogP contribution in [0, 0.1) is 11.6 Å². The first-order chi connectivity index (χ1) is 12.1. The van der Waals surface area contributed by atoms with Gasteiger partial charge in [-0.3, -0.25) is 4.79 Å². The molecule has 1 amide bonds. The number of amides is 1. The van der Waals surface area contributed by atoms with E-state index in [0.717, 1.165) is 17.7 Å². The van der Waals surface area contributed by atoms with Crippen molar-refractivity contribution in [1.82, 2.24) is 10.1 Å². The molecule has 0 aliphatic carbocycles. The number of halogens is 2. The summed E-state index contributed by atoms with van der Waals surface area (Å²) in [6.45, 7) is 0. The van der Waals surface area contributed by atoms with Crippen molar-refractivity contribution in [3.63, 3.8) is 0 Å². The Labute approximate surface area is 146 Å². The lowest BCUT2D eigenvalue weighted by molar-refractivity contribution is -0.113. The number of hydrogen-bond donors (Lipinski definition) is 1. The van der Waals surface area contributed by atoms with Crippen molar-refractivity contribution in [2.24, 2.45) is 0 Å². The number of nitrogens with one attached hydrogen (secondary N) is 1. The van der Waals surface area contributed by atoms with E-state index in [1.54, 1.807) is 0 Å². The largest absolute Gasteiger partial charge is 0.338 e. The van der Waals surface area contributed by atoms with E-state index < -0.39 is 11.6 Å². The van der Waals surface area contributed by atoms with Crippen LogP contribution >= 0.6 is 11.8 Å². The third-order valence-corrected chi connectivity index (χ3v) is 4.08. The maximum atomic E-state index is 13.1. The van der Waals surface area contributed by atoms with E-state index >= 15 is 0 Å². The third kappa shape index (κ3) is 4.63. The van der Waals surface area contributed by atoms with E-state index in [1.165, 1.54) is 17.8 Å². The highest BCUT2D eigenvalue weighted by Gasteiger charge is 2.10. The molecule has 0 atom stereocenters. The quantitative estimate of drug-likeness (QED) is 0.721. The molecule has 0 aliphatic rings. The van der Waals surface area contributed by atoms with E-state index in [9.17, 15) is 13.6 Å². The predicted molar refractivity (Wildman–Crippen MR) is 90.9 cm³/mol. The number of aromatic nitrogens is 2. The number of rotatable bonds is 6. The fourth-order valence-corrected chi connectivity index (χ4v) is 2.67. The number of hydrogen-bond acceptors (Lipinski definition) is 5. The van der Waals surface area contributed by atoms with Crippen LogP contribution < -0.4 is 5.32 Å². The third-order valence-electron chi connectivity index (χ3n) is 3.16. The molecule has 0 unspecified atom stereocenters. The second-order valence-corrected chi connectivity index (χ2v) is 6.03. The molecule has 2 aromatic carbocycles. The molecular formula is C17H13F2N3O2S. The van der Waals surface area contributed by atoms with E-state index in [1.807, 2.05) is 30.3 Å². The van der Waals surface area contributed by atoms with Gasteiger partial charge in [-0.1, -0.05) is 35.5 Å². The number of benzene rings is 2. The lowest BCUT2D eigenvalue weighted by Crippen LogP contribution is -2.14. The maximum Gasteiger partial charge on any atom is 0.236 e. The molecule has 0 bridgehead atoms. The Balaban J connectivity index is 1.48. The molecule has 0 aliphatic heterocycles. The van der Waals surface area contributed by atoms with E-state index in [2.05, 4.69) is 15.5 Å². The summed E-state index contributed by atoms with van der Waals surface area (Å²) in [5, 5.41) is 6.39. The summed E-state index contributed by atoms with van der Waals surface area (Å²) in [5.41, 5.74) is 1.05. The smallest absolute Gasteiger partial charge is 0.236 e. The molecule has 25 heavy (non-hydrogen) atoms. The monoisotopic (exact) mass is 361 g/mol. The standard InChI is InChI=1S/C17H13F2N3O2S/c18-13-7-6-12(8-14(13)19)20-15(23)9-25-10-16-21-17(22-24-16)11-4-2-1-3-5-11/h1-8H,9-10H2,(H,20,23). The summed E-state index contributed by atoms with van der Waals surface area (Å²) < 4.78 is 31.1. The molecule has 3 aromatic rings.